The Balaban J connectivity index is 1.12. The molecule has 6 aliphatic carbocycles. The largest absolute Gasteiger partial charge is 0.372 e. The lowest BCUT2D eigenvalue weighted by Crippen LogP contribution is -2.62. The van der Waals surface area contributed by atoms with Gasteiger partial charge in [-0.05, 0) is 96.3 Å². The second-order valence-corrected chi connectivity index (χ2v) is 16.4. The summed E-state index contributed by atoms with van der Waals surface area (Å²) >= 11 is 0. The molecule has 258 valence electrons. The van der Waals surface area contributed by atoms with Crippen LogP contribution in [0.4, 0.5) is 0 Å². The van der Waals surface area contributed by atoms with Gasteiger partial charge in [0.15, 0.2) is 0 Å². The molecule has 7 fully saturated rings. The summed E-state index contributed by atoms with van der Waals surface area (Å²) in [4.78, 5) is 0. The van der Waals surface area contributed by atoms with Gasteiger partial charge in [-0.1, -0.05) is 77.0 Å². The molecule has 0 aromatic carbocycles. The molecule has 0 aromatic rings. The highest BCUT2D eigenvalue weighted by atomic mass is 16.6. The fourth-order valence-electron chi connectivity index (χ4n) is 11.8. The molecule has 0 unspecified atom stereocenters. The molecule has 1 saturated heterocycles. The number of hydrogen-bond donors (Lipinski definition) is 0. The Morgan fingerprint density at radius 2 is 0.311 bits per heavy atom. The maximum absolute atomic E-state index is 7.05. The average molecular weight is 631 g/mol. The molecular formula is C39H66O6. The van der Waals surface area contributed by atoms with E-state index in [2.05, 4.69) is 0 Å². The Labute approximate surface area is 274 Å². The lowest BCUT2D eigenvalue weighted by atomic mass is 9.63. The summed E-state index contributed by atoms with van der Waals surface area (Å²) in [5.41, 5.74) is -0.760. The van der Waals surface area contributed by atoms with E-state index in [4.69, 9.17) is 28.4 Å². The molecule has 0 amide bonds. The molecule has 7 aliphatic rings. The fraction of sp³-hybridized carbons (Fsp3) is 1.00. The Kier molecular flexibility index (Phi) is 10.6. The summed E-state index contributed by atoms with van der Waals surface area (Å²) in [6.45, 7) is 4.67. The van der Waals surface area contributed by atoms with Crippen LogP contribution in [0.15, 0.2) is 0 Å². The molecule has 0 aromatic heterocycles. The van der Waals surface area contributed by atoms with Crippen LogP contribution in [0.1, 0.15) is 173 Å². The lowest BCUT2D eigenvalue weighted by molar-refractivity contribution is -0.257. The SMILES string of the molecule is C1COC23CCCCC2(CCCC3)OCCCOC23CCCCC2(CCCC3)OCCCOC23CCCCC2(CCCC3)OC1. The highest BCUT2D eigenvalue weighted by Gasteiger charge is 2.58. The smallest absolute Gasteiger partial charge is 0.0970 e. The van der Waals surface area contributed by atoms with Crippen molar-refractivity contribution in [2.45, 2.75) is 207 Å². The number of ether oxygens (including phenoxy) is 6. The highest BCUT2D eigenvalue weighted by Crippen LogP contribution is 2.54. The van der Waals surface area contributed by atoms with Crippen molar-refractivity contribution in [2.75, 3.05) is 39.6 Å². The van der Waals surface area contributed by atoms with Gasteiger partial charge in [-0.25, -0.2) is 0 Å². The minimum Gasteiger partial charge on any atom is -0.372 e. The van der Waals surface area contributed by atoms with E-state index < -0.39 is 0 Å². The molecule has 0 N–H and O–H groups in total. The van der Waals surface area contributed by atoms with Crippen LogP contribution >= 0.6 is 0 Å². The van der Waals surface area contributed by atoms with Crippen LogP contribution in [-0.2, 0) is 28.4 Å². The summed E-state index contributed by atoms with van der Waals surface area (Å²) in [6.07, 6.45) is 31.8. The Morgan fingerprint density at radius 3 is 0.444 bits per heavy atom. The third-order valence-electron chi connectivity index (χ3n) is 14.1. The van der Waals surface area contributed by atoms with E-state index in [0.717, 1.165) is 136 Å². The zero-order valence-electron chi connectivity index (χ0n) is 28.8. The second-order valence-electron chi connectivity index (χ2n) is 16.4. The maximum Gasteiger partial charge on any atom is 0.0970 e. The summed E-state index contributed by atoms with van der Waals surface area (Å²) in [7, 11) is 0. The average Bonchev–Trinajstić information content (AvgIpc) is 3.07. The van der Waals surface area contributed by atoms with Gasteiger partial charge in [-0.15, -0.1) is 0 Å². The Morgan fingerprint density at radius 1 is 0.178 bits per heavy atom. The third kappa shape index (κ3) is 6.22. The van der Waals surface area contributed by atoms with Gasteiger partial charge >= 0.3 is 0 Å². The Hall–Kier alpha value is -0.240. The quantitative estimate of drug-likeness (QED) is 0.266. The van der Waals surface area contributed by atoms with Crippen LogP contribution in [0.3, 0.4) is 0 Å². The highest BCUT2D eigenvalue weighted by molar-refractivity contribution is 5.10. The van der Waals surface area contributed by atoms with Crippen molar-refractivity contribution in [1.29, 1.82) is 0 Å². The van der Waals surface area contributed by atoms with Crippen molar-refractivity contribution in [3.8, 4) is 0 Å². The molecule has 0 spiro atoms. The lowest BCUT2D eigenvalue weighted by Gasteiger charge is -2.56. The van der Waals surface area contributed by atoms with Gasteiger partial charge in [0.2, 0.25) is 0 Å². The van der Waals surface area contributed by atoms with Gasteiger partial charge in [-0.3, -0.25) is 0 Å². The Bertz CT molecular complexity index is 721. The first-order valence-electron chi connectivity index (χ1n) is 19.9. The minimum atomic E-state index is -0.127. The van der Waals surface area contributed by atoms with Crippen LogP contribution in [0.2, 0.25) is 0 Å². The summed E-state index contributed by atoms with van der Waals surface area (Å²) in [5, 5.41) is 0. The molecule has 0 bridgehead atoms. The maximum atomic E-state index is 7.05. The van der Waals surface area contributed by atoms with Crippen LogP contribution in [0.5, 0.6) is 0 Å². The predicted molar refractivity (Wildman–Crippen MR) is 177 cm³/mol. The first-order valence-corrected chi connectivity index (χ1v) is 19.9. The first kappa shape index (κ1) is 33.3. The molecule has 7 rings (SSSR count). The molecule has 1 aliphatic heterocycles. The second kappa shape index (κ2) is 14.3. The van der Waals surface area contributed by atoms with Crippen molar-refractivity contribution in [2.24, 2.45) is 0 Å². The van der Waals surface area contributed by atoms with Gasteiger partial charge < -0.3 is 28.4 Å². The van der Waals surface area contributed by atoms with E-state index in [-0.39, 0.29) is 33.6 Å². The third-order valence-corrected chi connectivity index (χ3v) is 14.1. The van der Waals surface area contributed by atoms with Gasteiger partial charge in [0.25, 0.3) is 0 Å². The zero-order chi connectivity index (χ0) is 30.6. The van der Waals surface area contributed by atoms with E-state index in [1.54, 1.807) is 0 Å². The summed E-state index contributed by atoms with van der Waals surface area (Å²) in [6, 6.07) is 0. The number of rotatable bonds is 0. The minimum absolute atomic E-state index is 0.127. The van der Waals surface area contributed by atoms with Crippen molar-refractivity contribution >= 4 is 0 Å². The monoisotopic (exact) mass is 630 g/mol. The normalized spacial score (nSPS) is 46.4. The first-order chi connectivity index (χ1) is 22.1. The summed E-state index contributed by atoms with van der Waals surface area (Å²) < 4.78 is 42.3. The van der Waals surface area contributed by atoms with Crippen molar-refractivity contribution in [1.82, 2.24) is 0 Å². The predicted octanol–water partition coefficient (Wildman–Crippen LogP) is 9.15. The molecule has 6 saturated carbocycles. The van der Waals surface area contributed by atoms with Crippen molar-refractivity contribution in [3.05, 3.63) is 0 Å². The van der Waals surface area contributed by atoms with Crippen molar-refractivity contribution in [3.63, 3.8) is 0 Å². The van der Waals surface area contributed by atoms with E-state index in [0.29, 0.717) is 0 Å². The van der Waals surface area contributed by atoms with E-state index in [1.165, 1.54) is 77.0 Å². The molecular weight excluding hydrogens is 564 g/mol. The van der Waals surface area contributed by atoms with Gasteiger partial charge in [0, 0.05) is 39.6 Å². The van der Waals surface area contributed by atoms with Crippen LogP contribution in [0, 0.1) is 0 Å². The fourth-order valence-corrected chi connectivity index (χ4v) is 11.8. The van der Waals surface area contributed by atoms with Crippen molar-refractivity contribution < 1.29 is 28.4 Å². The number of hydrogen-bond acceptors (Lipinski definition) is 6. The van der Waals surface area contributed by atoms with Crippen LogP contribution < -0.4 is 0 Å². The molecule has 45 heavy (non-hydrogen) atoms. The van der Waals surface area contributed by atoms with Crippen LogP contribution in [0.25, 0.3) is 0 Å². The van der Waals surface area contributed by atoms with E-state index in [9.17, 15) is 0 Å². The van der Waals surface area contributed by atoms with Gasteiger partial charge in [-0.2, -0.15) is 0 Å². The van der Waals surface area contributed by atoms with E-state index in [1.807, 2.05) is 0 Å². The van der Waals surface area contributed by atoms with Gasteiger partial charge in [0.05, 0.1) is 33.6 Å². The molecule has 6 nitrogen and oxygen atoms in total. The van der Waals surface area contributed by atoms with E-state index >= 15 is 0 Å². The van der Waals surface area contributed by atoms with Gasteiger partial charge in [0.1, 0.15) is 0 Å². The molecule has 6 heteroatoms. The summed E-state index contributed by atoms with van der Waals surface area (Å²) in [5.74, 6) is 0. The topological polar surface area (TPSA) is 55.4 Å². The standard InChI is InChI=1S/C39H66O6/c1-2-17-35-19-4-3-18-34(35,16-1)40-28-13-30-42-36-20-5-7-22-37(36,23-8-6-21-36)44-32-15-33-45-39-26-11-9-24-38(39,25-10-12-27-39)43-31-14-29-41-35/h1-33H2. The zero-order valence-corrected chi connectivity index (χ0v) is 28.8. The molecule has 1 heterocycles. The van der Waals surface area contributed by atoms with Crippen LogP contribution in [-0.4, -0.2) is 73.2 Å². The molecule has 0 atom stereocenters. The molecule has 0 radical (unpaired) electrons.